The lowest BCUT2D eigenvalue weighted by Crippen LogP contribution is -2.39. The van der Waals surface area contributed by atoms with Gasteiger partial charge in [-0.3, -0.25) is 9.59 Å². The van der Waals surface area contributed by atoms with Crippen LogP contribution in [0.3, 0.4) is 0 Å². The first-order valence-electron chi connectivity index (χ1n) is 7.84. The molecule has 3 rings (SSSR count). The Hall–Kier alpha value is -2.76. The summed E-state index contributed by atoms with van der Waals surface area (Å²) in [6, 6.07) is 3.14. The first kappa shape index (κ1) is 16.1. The normalized spacial score (nSPS) is 21.8. The van der Waals surface area contributed by atoms with E-state index in [0.29, 0.717) is 30.0 Å². The van der Waals surface area contributed by atoms with E-state index < -0.39 is 0 Å². The van der Waals surface area contributed by atoms with Crippen molar-refractivity contribution in [1.29, 1.82) is 0 Å². The second-order valence-corrected chi connectivity index (χ2v) is 5.77. The van der Waals surface area contributed by atoms with Crippen molar-refractivity contribution >= 4 is 23.1 Å². The monoisotopic (exact) mass is 328 g/mol. The fourth-order valence-electron chi connectivity index (χ4n) is 2.93. The quantitative estimate of drug-likeness (QED) is 0.868. The predicted octanol–water partition coefficient (Wildman–Crippen LogP) is 2.53. The van der Waals surface area contributed by atoms with Gasteiger partial charge in [0.05, 0.1) is 25.6 Å². The zero-order valence-corrected chi connectivity index (χ0v) is 13.7. The minimum Gasteiger partial charge on any atom is -0.493 e. The van der Waals surface area contributed by atoms with E-state index in [1.165, 1.54) is 0 Å². The molecule has 2 atom stereocenters. The SMILES string of the molecule is COc1cc2c(cc1OC)NC(CCC1C=CC=CC1=O)C(=O)N2. The van der Waals surface area contributed by atoms with E-state index >= 15 is 0 Å². The molecule has 2 N–H and O–H groups in total. The molecule has 6 heteroatoms. The maximum Gasteiger partial charge on any atom is 0.246 e. The molecule has 0 spiro atoms. The number of allylic oxidation sites excluding steroid dienone is 4. The van der Waals surface area contributed by atoms with E-state index in [1.807, 2.05) is 12.2 Å². The van der Waals surface area contributed by atoms with E-state index in [0.717, 1.165) is 5.69 Å². The Kier molecular flexibility index (Phi) is 4.55. The second-order valence-electron chi connectivity index (χ2n) is 5.77. The topological polar surface area (TPSA) is 76.7 Å². The van der Waals surface area contributed by atoms with Crippen molar-refractivity contribution < 1.29 is 19.1 Å². The molecule has 1 aromatic rings. The van der Waals surface area contributed by atoms with Crippen LogP contribution in [-0.4, -0.2) is 32.0 Å². The Morgan fingerprint density at radius 3 is 2.38 bits per heavy atom. The number of rotatable bonds is 5. The van der Waals surface area contributed by atoms with Crippen LogP contribution in [0, 0.1) is 5.92 Å². The van der Waals surface area contributed by atoms with Gasteiger partial charge >= 0.3 is 0 Å². The van der Waals surface area contributed by atoms with Crippen molar-refractivity contribution in [3.05, 3.63) is 36.4 Å². The summed E-state index contributed by atoms with van der Waals surface area (Å²) in [4.78, 5) is 24.1. The molecule has 0 aromatic heterocycles. The van der Waals surface area contributed by atoms with Crippen molar-refractivity contribution in [3.8, 4) is 11.5 Å². The molecule has 24 heavy (non-hydrogen) atoms. The number of fused-ring (bicyclic) bond motifs is 1. The van der Waals surface area contributed by atoms with Crippen molar-refractivity contribution in [2.45, 2.75) is 18.9 Å². The van der Waals surface area contributed by atoms with Gasteiger partial charge in [-0.05, 0) is 18.9 Å². The highest BCUT2D eigenvalue weighted by Crippen LogP contribution is 2.39. The van der Waals surface area contributed by atoms with Gasteiger partial charge in [0.25, 0.3) is 0 Å². The lowest BCUT2D eigenvalue weighted by atomic mass is 9.92. The van der Waals surface area contributed by atoms with E-state index in [-0.39, 0.29) is 23.7 Å². The fraction of sp³-hybridized carbons (Fsp3) is 0.333. The predicted molar refractivity (Wildman–Crippen MR) is 91.6 cm³/mol. The molecule has 1 aliphatic carbocycles. The summed E-state index contributed by atoms with van der Waals surface area (Å²) >= 11 is 0. The molecule has 126 valence electrons. The van der Waals surface area contributed by atoms with Crippen molar-refractivity contribution in [3.63, 3.8) is 0 Å². The number of benzene rings is 1. The summed E-state index contributed by atoms with van der Waals surface area (Å²) in [7, 11) is 3.12. The summed E-state index contributed by atoms with van der Waals surface area (Å²) in [5.74, 6) is 0.963. The standard InChI is InChI=1S/C18H20N2O4/c1-23-16-9-13-14(10-17(16)24-2)20-18(22)12(19-13)8-7-11-5-3-4-6-15(11)21/h3-6,9-12,19H,7-8H2,1-2H3,(H,20,22). The van der Waals surface area contributed by atoms with Crippen LogP contribution in [0.1, 0.15) is 12.8 Å². The Bertz CT molecular complexity index is 724. The maximum absolute atomic E-state index is 12.3. The van der Waals surface area contributed by atoms with Crippen molar-refractivity contribution in [2.75, 3.05) is 24.9 Å². The lowest BCUT2D eigenvalue weighted by Gasteiger charge is -2.28. The summed E-state index contributed by atoms with van der Waals surface area (Å²) < 4.78 is 10.5. The van der Waals surface area contributed by atoms with Crippen LogP contribution in [0.2, 0.25) is 0 Å². The maximum atomic E-state index is 12.3. The molecule has 6 nitrogen and oxygen atoms in total. The van der Waals surface area contributed by atoms with Gasteiger partial charge in [0.1, 0.15) is 6.04 Å². The van der Waals surface area contributed by atoms with E-state index in [2.05, 4.69) is 10.6 Å². The number of nitrogens with one attached hydrogen (secondary N) is 2. The van der Waals surface area contributed by atoms with Gasteiger partial charge in [0, 0.05) is 18.1 Å². The Balaban J connectivity index is 1.72. The number of amides is 1. The number of carbonyl (C=O) groups excluding carboxylic acids is 2. The van der Waals surface area contributed by atoms with Gasteiger partial charge in [0.2, 0.25) is 5.91 Å². The molecule has 2 unspecified atom stereocenters. The number of ether oxygens (including phenoxy) is 2. The highest BCUT2D eigenvalue weighted by atomic mass is 16.5. The average Bonchev–Trinajstić information content (AvgIpc) is 2.60. The smallest absolute Gasteiger partial charge is 0.246 e. The molecule has 0 saturated carbocycles. The lowest BCUT2D eigenvalue weighted by molar-refractivity contribution is -0.119. The van der Waals surface area contributed by atoms with E-state index in [9.17, 15) is 9.59 Å². The fourth-order valence-corrected chi connectivity index (χ4v) is 2.93. The van der Waals surface area contributed by atoms with Crippen LogP contribution >= 0.6 is 0 Å². The Labute approximate surface area is 140 Å². The van der Waals surface area contributed by atoms with E-state index in [4.69, 9.17) is 9.47 Å². The van der Waals surface area contributed by atoms with Gasteiger partial charge in [-0.2, -0.15) is 0 Å². The van der Waals surface area contributed by atoms with Crippen LogP contribution in [0.25, 0.3) is 0 Å². The number of carbonyl (C=O) groups is 2. The van der Waals surface area contributed by atoms with Crippen molar-refractivity contribution in [2.24, 2.45) is 5.92 Å². The third kappa shape index (κ3) is 3.13. The number of hydrogen-bond acceptors (Lipinski definition) is 5. The summed E-state index contributed by atoms with van der Waals surface area (Å²) in [6.07, 6.45) is 8.24. The van der Waals surface area contributed by atoms with Crippen LogP contribution in [0.4, 0.5) is 11.4 Å². The van der Waals surface area contributed by atoms with Gasteiger partial charge < -0.3 is 20.1 Å². The molecule has 0 bridgehead atoms. The van der Waals surface area contributed by atoms with Crippen molar-refractivity contribution in [1.82, 2.24) is 0 Å². The number of hydrogen-bond donors (Lipinski definition) is 2. The largest absolute Gasteiger partial charge is 0.493 e. The van der Waals surface area contributed by atoms with Crippen LogP contribution < -0.4 is 20.1 Å². The molecule has 1 aromatic carbocycles. The molecule has 1 heterocycles. The second kappa shape index (κ2) is 6.78. The first-order valence-corrected chi connectivity index (χ1v) is 7.84. The first-order chi connectivity index (χ1) is 11.6. The van der Waals surface area contributed by atoms with E-state index in [1.54, 1.807) is 38.5 Å². The van der Waals surface area contributed by atoms with Gasteiger partial charge in [-0.15, -0.1) is 0 Å². The molecule has 0 saturated heterocycles. The molecular weight excluding hydrogens is 308 g/mol. The number of methoxy groups -OCH3 is 2. The summed E-state index contributed by atoms with van der Waals surface area (Å²) in [5, 5.41) is 6.11. The third-order valence-electron chi connectivity index (χ3n) is 4.27. The summed E-state index contributed by atoms with van der Waals surface area (Å²) in [6.45, 7) is 0. The Morgan fingerprint density at radius 1 is 1.00 bits per heavy atom. The number of anilines is 2. The molecular formula is C18H20N2O4. The third-order valence-corrected chi connectivity index (χ3v) is 4.27. The molecule has 2 aliphatic rings. The highest BCUT2D eigenvalue weighted by Gasteiger charge is 2.28. The van der Waals surface area contributed by atoms with Gasteiger partial charge in [-0.25, -0.2) is 0 Å². The van der Waals surface area contributed by atoms with Gasteiger partial charge in [0.15, 0.2) is 17.3 Å². The minimum atomic E-state index is -0.386. The van der Waals surface area contributed by atoms with Gasteiger partial charge in [-0.1, -0.05) is 18.2 Å². The Morgan fingerprint density at radius 2 is 1.71 bits per heavy atom. The average molecular weight is 328 g/mol. The molecule has 1 amide bonds. The number of ketones is 1. The van der Waals surface area contributed by atoms with Crippen LogP contribution in [-0.2, 0) is 9.59 Å². The highest BCUT2D eigenvalue weighted by molar-refractivity contribution is 6.03. The van der Waals surface area contributed by atoms with Crippen LogP contribution in [0.5, 0.6) is 11.5 Å². The zero-order chi connectivity index (χ0) is 17.1. The zero-order valence-electron chi connectivity index (χ0n) is 13.7. The molecule has 0 radical (unpaired) electrons. The molecule has 0 fully saturated rings. The minimum absolute atomic E-state index is 0.0838. The van der Waals surface area contributed by atoms with Crippen LogP contribution in [0.15, 0.2) is 36.4 Å². The summed E-state index contributed by atoms with van der Waals surface area (Å²) in [5.41, 5.74) is 1.44. The molecule has 1 aliphatic heterocycles.